The Hall–Kier alpha value is -3.65. The van der Waals surface area contributed by atoms with E-state index in [9.17, 15) is 19.8 Å². The predicted molar refractivity (Wildman–Crippen MR) is 126 cm³/mol. The maximum atomic E-state index is 13.6. The number of furan rings is 1. The maximum Gasteiger partial charge on any atom is 0.290 e. The predicted octanol–water partition coefficient (Wildman–Crippen LogP) is 5.19. The van der Waals surface area contributed by atoms with Gasteiger partial charge in [-0.2, -0.15) is 0 Å². The van der Waals surface area contributed by atoms with Crippen LogP contribution in [0, 0.1) is 0 Å². The molecular weight excluding hydrogens is 462 g/mol. The highest BCUT2D eigenvalue weighted by atomic mass is 35.5. The highest BCUT2D eigenvalue weighted by molar-refractivity contribution is 6.31. The van der Waals surface area contributed by atoms with E-state index in [1.807, 2.05) is 6.92 Å². The summed E-state index contributed by atoms with van der Waals surface area (Å²) in [6.45, 7) is 4.28. The van der Waals surface area contributed by atoms with Gasteiger partial charge in [0, 0.05) is 23.0 Å². The summed E-state index contributed by atoms with van der Waals surface area (Å²) in [7, 11) is 1.46. The average molecular weight is 486 g/mol. The van der Waals surface area contributed by atoms with Crippen molar-refractivity contribution >= 4 is 34.3 Å². The van der Waals surface area contributed by atoms with Gasteiger partial charge in [0.25, 0.3) is 5.91 Å². The molecule has 0 bridgehead atoms. The molecule has 1 atom stereocenters. The SMILES string of the molecule is CCCN1C(=O)C(O)=C(C(=O)c2cc3cc(Cl)cc(OC)c3o2)C1c1ccc(O)c(OCC)c1. The van der Waals surface area contributed by atoms with Gasteiger partial charge in [0.05, 0.1) is 25.3 Å². The molecule has 3 aromatic rings. The van der Waals surface area contributed by atoms with E-state index in [0.29, 0.717) is 46.9 Å². The fraction of sp³-hybridized carbons (Fsp3) is 0.280. The number of aliphatic hydroxyl groups is 1. The average Bonchev–Trinajstić information content (AvgIpc) is 3.34. The molecule has 2 N–H and O–H groups in total. The third kappa shape index (κ3) is 3.94. The smallest absolute Gasteiger partial charge is 0.290 e. The second-order valence-electron chi connectivity index (χ2n) is 7.79. The Labute approximate surface area is 200 Å². The number of benzene rings is 2. The van der Waals surface area contributed by atoms with Crippen LogP contribution in [-0.2, 0) is 4.79 Å². The van der Waals surface area contributed by atoms with E-state index in [4.69, 9.17) is 25.5 Å². The van der Waals surface area contributed by atoms with E-state index in [1.165, 1.54) is 24.1 Å². The summed E-state index contributed by atoms with van der Waals surface area (Å²) in [6, 6.07) is 8.38. The summed E-state index contributed by atoms with van der Waals surface area (Å²) in [4.78, 5) is 28.0. The Bertz CT molecular complexity index is 1310. The number of Topliss-reactive ketones (excluding diaryl/α,β-unsaturated/α-hetero) is 1. The van der Waals surface area contributed by atoms with Crippen LogP contribution >= 0.6 is 11.6 Å². The minimum atomic E-state index is -0.890. The highest BCUT2D eigenvalue weighted by Gasteiger charge is 2.44. The van der Waals surface area contributed by atoms with Crippen molar-refractivity contribution in [2.75, 3.05) is 20.3 Å². The number of phenolic OH excluding ortho intramolecular Hbond substituents is 1. The Morgan fingerprint density at radius 1 is 1.15 bits per heavy atom. The summed E-state index contributed by atoms with van der Waals surface area (Å²) in [6.07, 6.45) is 0.605. The molecule has 0 fully saturated rings. The van der Waals surface area contributed by atoms with Crippen molar-refractivity contribution in [2.24, 2.45) is 0 Å². The molecule has 1 amide bonds. The lowest BCUT2D eigenvalue weighted by Crippen LogP contribution is -2.31. The standard InChI is InChI=1S/C25H24ClNO7/c1-4-8-27-21(13-6-7-16(28)17(10-13)33-5-2)20(23(30)25(27)31)22(29)18-11-14-9-15(26)12-19(32-3)24(14)34-18/h6-7,9-12,21,28,30H,4-5,8H2,1-3H3. The number of ether oxygens (including phenoxy) is 2. The van der Waals surface area contributed by atoms with Gasteiger partial charge < -0.3 is 29.0 Å². The van der Waals surface area contributed by atoms with Gasteiger partial charge >= 0.3 is 0 Å². The topological polar surface area (TPSA) is 109 Å². The van der Waals surface area contributed by atoms with Crippen LogP contribution in [0.4, 0.5) is 0 Å². The second kappa shape index (κ2) is 9.30. The number of amides is 1. The van der Waals surface area contributed by atoms with Gasteiger partial charge in [0.15, 0.2) is 34.4 Å². The van der Waals surface area contributed by atoms with Crippen LogP contribution in [0.5, 0.6) is 17.2 Å². The maximum absolute atomic E-state index is 13.6. The number of halogens is 1. The summed E-state index contributed by atoms with van der Waals surface area (Å²) in [5, 5.41) is 21.8. The fourth-order valence-corrected chi connectivity index (χ4v) is 4.37. The molecule has 0 spiro atoms. The van der Waals surface area contributed by atoms with Crippen molar-refractivity contribution in [1.82, 2.24) is 4.90 Å². The van der Waals surface area contributed by atoms with Crippen LogP contribution in [-0.4, -0.2) is 47.1 Å². The summed E-state index contributed by atoms with van der Waals surface area (Å²) in [5.41, 5.74) is 0.716. The first kappa shape index (κ1) is 23.5. The van der Waals surface area contributed by atoms with Crippen molar-refractivity contribution in [3.8, 4) is 17.2 Å². The van der Waals surface area contributed by atoms with Crippen LogP contribution in [0.2, 0.25) is 5.02 Å². The molecule has 1 aliphatic heterocycles. The molecule has 0 saturated heterocycles. The van der Waals surface area contributed by atoms with Gasteiger partial charge in [-0.1, -0.05) is 24.6 Å². The van der Waals surface area contributed by atoms with Crippen molar-refractivity contribution < 1.29 is 33.7 Å². The third-order valence-corrected chi connectivity index (χ3v) is 5.82. The quantitative estimate of drug-likeness (QED) is 0.422. The Kier molecular flexibility index (Phi) is 6.43. The largest absolute Gasteiger partial charge is 0.504 e. The van der Waals surface area contributed by atoms with Crippen LogP contribution in [0.15, 0.2) is 52.1 Å². The van der Waals surface area contributed by atoms with Gasteiger partial charge in [-0.05, 0) is 43.2 Å². The zero-order chi connectivity index (χ0) is 24.6. The number of fused-ring (bicyclic) bond motifs is 1. The highest BCUT2D eigenvalue weighted by Crippen LogP contribution is 2.42. The first-order valence-electron chi connectivity index (χ1n) is 10.8. The van der Waals surface area contributed by atoms with E-state index < -0.39 is 23.5 Å². The number of phenols is 1. The minimum absolute atomic E-state index is 0.0701. The van der Waals surface area contributed by atoms with E-state index >= 15 is 0 Å². The van der Waals surface area contributed by atoms with Gasteiger partial charge in [-0.3, -0.25) is 9.59 Å². The number of rotatable bonds is 8. The molecule has 8 nitrogen and oxygen atoms in total. The molecule has 178 valence electrons. The second-order valence-corrected chi connectivity index (χ2v) is 8.23. The van der Waals surface area contributed by atoms with Crippen molar-refractivity contribution in [1.29, 1.82) is 0 Å². The van der Waals surface area contributed by atoms with Gasteiger partial charge in [0.1, 0.15) is 0 Å². The van der Waals surface area contributed by atoms with E-state index in [-0.39, 0.29) is 22.8 Å². The van der Waals surface area contributed by atoms with Crippen molar-refractivity contribution in [3.05, 3.63) is 64.1 Å². The van der Waals surface area contributed by atoms with Crippen molar-refractivity contribution in [2.45, 2.75) is 26.3 Å². The van der Waals surface area contributed by atoms with Crippen LogP contribution in [0.3, 0.4) is 0 Å². The monoisotopic (exact) mass is 485 g/mol. The molecule has 34 heavy (non-hydrogen) atoms. The molecule has 1 unspecified atom stereocenters. The lowest BCUT2D eigenvalue weighted by Gasteiger charge is -2.26. The van der Waals surface area contributed by atoms with Gasteiger partial charge in [0.2, 0.25) is 5.78 Å². The molecule has 0 saturated carbocycles. The van der Waals surface area contributed by atoms with Crippen LogP contribution < -0.4 is 9.47 Å². The van der Waals surface area contributed by atoms with Crippen LogP contribution in [0.1, 0.15) is 42.4 Å². The van der Waals surface area contributed by atoms with Gasteiger partial charge in [-0.15, -0.1) is 0 Å². The lowest BCUT2D eigenvalue weighted by molar-refractivity contribution is -0.129. The molecule has 9 heteroatoms. The number of aliphatic hydroxyl groups excluding tert-OH is 1. The number of methoxy groups -OCH3 is 1. The number of nitrogens with zero attached hydrogens (tertiary/aromatic N) is 1. The van der Waals surface area contributed by atoms with Gasteiger partial charge in [-0.25, -0.2) is 0 Å². The normalized spacial score (nSPS) is 15.9. The molecule has 0 aliphatic carbocycles. The molecule has 2 heterocycles. The molecule has 0 radical (unpaired) electrons. The van der Waals surface area contributed by atoms with Crippen molar-refractivity contribution in [3.63, 3.8) is 0 Å². The minimum Gasteiger partial charge on any atom is -0.504 e. The Morgan fingerprint density at radius 2 is 1.91 bits per heavy atom. The molecular formula is C25H24ClNO7. The fourth-order valence-electron chi connectivity index (χ4n) is 4.16. The summed E-state index contributed by atoms with van der Waals surface area (Å²) >= 11 is 6.13. The first-order chi connectivity index (χ1) is 16.3. The number of aromatic hydroxyl groups is 1. The number of ketones is 1. The molecule has 1 aromatic heterocycles. The van der Waals surface area contributed by atoms with E-state index in [2.05, 4.69) is 0 Å². The first-order valence-corrected chi connectivity index (χ1v) is 11.2. The van der Waals surface area contributed by atoms with E-state index in [0.717, 1.165) is 0 Å². The number of carbonyl (C=O) groups is 2. The Morgan fingerprint density at radius 3 is 2.59 bits per heavy atom. The van der Waals surface area contributed by atoms with Crippen LogP contribution in [0.25, 0.3) is 11.0 Å². The third-order valence-electron chi connectivity index (χ3n) is 5.60. The summed E-state index contributed by atoms with van der Waals surface area (Å²) < 4.78 is 16.6. The molecule has 2 aromatic carbocycles. The lowest BCUT2D eigenvalue weighted by atomic mass is 9.94. The number of carbonyl (C=O) groups excluding carboxylic acids is 2. The number of hydrogen-bond acceptors (Lipinski definition) is 7. The zero-order valence-electron chi connectivity index (χ0n) is 18.9. The van der Waals surface area contributed by atoms with E-state index in [1.54, 1.807) is 31.2 Å². The zero-order valence-corrected chi connectivity index (χ0v) is 19.7. The Balaban J connectivity index is 1.84. The number of hydrogen-bond donors (Lipinski definition) is 2. The molecule has 4 rings (SSSR count). The molecule has 1 aliphatic rings. The summed E-state index contributed by atoms with van der Waals surface area (Å²) in [5.74, 6) is -1.51.